The number of aromatic nitrogens is 1. The zero-order valence-electron chi connectivity index (χ0n) is 18.4. The van der Waals surface area contributed by atoms with Crippen molar-refractivity contribution in [1.29, 1.82) is 5.41 Å². The van der Waals surface area contributed by atoms with Gasteiger partial charge in [0.05, 0.1) is 11.4 Å². The highest BCUT2D eigenvalue weighted by atomic mass is 32.1. The number of fused-ring (bicyclic) bond motifs is 1. The number of anilines is 2. The van der Waals surface area contributed by atoms with E-state index in [-0.39, 0.29) is 23.0 Å². The molecule has 0 spiro atoms. The number of amides is 1. The van der Waals surface area contributed by atoms with Gasteiger partial charge in [-0.1, -0.05) is 55.5 Å². The number of ether oxygens (including phenoxy) is 1. The molecule has 1 atom stereocenters. The van der Waals surface area contributed by atoms with Gasteiger partial charge in [-0.05, 0) is 18.9 Å². The van der Waals surface area contributed by atoms with Gasteiger partial charge in [-0.15, -0.1) is 11.3 Å². The number of nitrogens with zero attached hydrogens (tertiary/aromatic N) is 3. The molecule has 1 aliphatic heterocycles. The Morgan fingerprint density at radius 3 is 2.65 bits per heavy atom. The smallest absolute Gasteiger partial charge is 0.291 e. The van der Waals surface area contributed by atoms with Crippen molar-refractivity contribution in [2.45, 2.75) is 31.3 Å². The Hall–Kier alpha value is -4.05. The maximum atomic E-state index is 12.9. The standard InChI is InChI=1S/C24H23N7O2S/c1-24(11-12-24)22-30-17(19(26)34-22)18(25)33-23(27)31-20-21(32)28-15-10-6-5-9-14(15)16(29-20)13-7-3-2-4-8-13/h2-10,20,25H,11-12,26H2,1H3,(H2,27,31)(H,28,32). The highest BCUT2D eigenvalue weighted by Crippen LogP contribution is 2.49. The molecule has 2 aromatic carbocycles. The lowest BCUT2D eigenvalue weighted by atomic mass is 10.0. The molecule has 1 amide bonds. The Morgan fingerprint density at radius 2 is 1.91 bits per heavy atom. The Balaban J connectivity index is 1.43. The van der Waals surface area contributed by atoms with Crippen molar-refractivity contribution in [1.82, 2.24) is 4.98 Å². The monoisotopic (exact) mass is 473 g/mol. The predicted molar refractivity (Wildman–Crippen MR) is 134 cm³/mol. The summed E-state index contributed by atoms with van der Waals surface area (Å²) in [5, 5.41) is 12.4. The molecule has 2 aliphatic rings. The summed E-state index contributed by atoms with van der Waals surface area (Å²) in [4.78, 5) is 26.1. The third-order valence-electron chi connectivity index (χ3n) is 5.81. The summed E-state index contributed by atoms with van der Waals surface area (Å²) < 4.78 is 5.40. The van der Waals surface area contributed by atoms with Gasteiger partial charge in [-0.3, -0.25) is 10.2 Å². The van der Waals surface area contributed by atoms with Crippen molar-refractivity contribution in [2.24, 2.45) is 15.7 Å². The molecular formula is C24H23N7O2S. The van der Waals surface area contributed by atoms with Crippen LogP contribution >= 0.6 is 11.3 Å². The maximum Gasteiger partial charge on any atom is 0.291 e. The first-order valence-corrected chi connectivity index (χ1v) is 11.6. The van der Waals surface area contributed by atoms with Crippen LogP contribution in [-0.2, 0) is 14.9 Å². The zero-order valence-corrected chi connectivity index (χ0v) is 19.2. The Morgan fingerprint density at radius 1 is 1.21 bits per heavy atom. The largest absolute Gasteiger partial charge is 0.405 e. The molecule has 3 aromatic rings. The van der Waals surface area contributed by atoms with Crippen LogP contribution < -0.4 is 16.8 Å². The highest BCUT2D eigenvalue weighted by Gasteiger charge is 2.42. The fraction of sp³-hybridized carbons (Fsp3) is 0.208. The summed E-state index contributed by atoms with van der Waals surface area (Å²) in [5.74, 6) is -0.788. The molecule has 9 nitrogen and oxygen atoms in total. The lowest BCUT2D eigenvalue weighted by molar-refractivity contribution is -0.117. The van der Waals surface area contributed by atoms with E-state index in [2.05, 4.69) is 27.2 Å². The van der Waals surface area contributed by atoms with E-state index in [1.54, 1.807) is 6.07 Å². The fourth-order valence-electron chi connectivity index (χ4n) is 3.61. The number of hydrogen-bond donors (Lipinski definition) is 4. The number of amidine groups is 1. The van der Waals surface area contributed by atoms with E-state index in [4.69, 9.17) is 21.6 Å². The summed E-state index contributed by atoms with van der Waals surface area (Å²) in [6.45, 7) is 2.11. The Labute approximate surface area is 200 Å². The number of benzene rings is 2. The van der Waals surface area contributed by atoms with Crippen LogP contribution in [0.1, 0.15) is 41.6 Å². The van der Waals surface area contributed by atoms with Crippen LogP contribution in [0.25, 0.3) is 0 Å². The van der Waals surface area contributed by atoms with E-state index in [1.807, 2.05) is 48.5 Å². The molecule has 0 saturated heterocycles. The molecule has 10 heteroatoms. The molecule has 6 N–H and O–H groups in total. The second kappa shape index (κ2) is 8.38. The van der Waals surface area contributed by atoms with Gasteiger partial charge in [0.15, 0.2) is 5.69 Å². The first-order valence-electron chi connectivity index (χ1n) is 10.7. The number of carbonyl (C=O) groups excluding carboxylic acids is 1. The van der Waals surface area contributed by atoms with E-state index in [9.17, 15) is 4.79 Å². The van der Waals surface area contributed by atoms with Crippen LogP contribution in [0.3, 0.4) is 0 Å². The summed E-state index contributed by atoms with van der Waals surface area (Å²) in [7, 11) is 0. The van der Waals surface area contributed by atoms with E-state index in [0.717, 1.165) is 29.0 Å². The molecule has 172 valence electrons. The van der Waals surface area contributed by atoms with Gasteiger partial charge >= 0.3 is 0 Å². The Bertz CT molecular complexity index is 1340. The van der Waals surface area contributed by atoms with Gasteiger partial charge in [0, 0.05) is 16.5 Å². The Kier molecular flexibility index (Phi) is 5.37. The van der Waals surface area contributed by atoms with Crippen molar-refractivity contribution in [3.05, 3.63) is 76.4 Å². The summed E-state index contributed by atoms with van der Waals surface area (Å²) in [6.07, 6.45) is 0.875. The third kappa shape index (κ3) is 4.15. The van der Waals surface area contributed by atoms with Crippen LogP contribution in [0.15, 0.2) is 64.6 Å². The molecule has 34 heavy (non-hydrogen) atoms. The van der Waals surface area contributed by atoms with Gasteiger partial charge in [0.25, 0.3) is 11.9 Å². The van der Waals surface area contributed by atoms with Crippen molar-refractivity contribution >= 4 is 45.6 Å². The van der Waals surface area contributed by atoms with E-state index in [0.29, 0.717) is 16.4 Å². The normalized spacial score (nSPS) is 18.9. The van der Waals surface area contributed by atoms with E-state index in [1.165, 1.54) is 11.3 Å². The average Bonchev–Trinajstić information content (AvgIpc) is 3.48. The number of nitrogens with two attached hydrogens (primary N) is 2. The first-order chi connectivity index (χ1) is 16.3. The molecule has 5 rings (SSSR count). The number of para-hydroxylation sites is 1. The zero-order chi connectivity index (χ0) is 23.9. The van der Waals surface area contributed by atoms with Crippen LogP contribution in [0, 0.1) is 5.41 Å². The molecule has 1 aliphatic carbocycles. The minimum absolute atomic E-state index is 0.0208. The second-order valence-electron chi connectivity index (χ2n) is 8.44. The van der Waals surface area contributed by atoms with Crippen molar-refractivity contribution in [2.75, 3.05) is 11.1 Å². The van der Waals surface area contributed by atoms with Crippen LogP contribution in [0.2, 0.25) is 0 Å². The molecule has 1 fully saturated rings. The quantitative estimate of drug-likeness (QED) is 0.339. The SMILES string of the molecule is CC1(c2nc(C(=N)OC(N)=NC3N=C(c4ccccc4)c4ccccc4NC3=O)c(N)s2)CC1. The predicted octanol–water partition coefficient (Wildman–Crippen LogP) is 3.25. The van der Waals surface area contributed by atoms with E-state index >= 15 is 0 Å². The minimum atomic E-state index is -1.20. The van der Waals surface area contributed by atoms with Crippen LogP contribution in [-0.4, -0.2) is 34.7 Å². The number of carbonyl (C=O) groups is 1. The van der Waals surface area contributed by atoms with Crippen molar-refractivity contribution < 1.29 is 9.53 Å². The fourth-order valence-corrected chi connectivity index (χ4v) is 4.64. The first kappa shape index (κ1) is 21.8. The number of aliphatic imine (C=N–C) groups is 2. The molecule has 1 aromatic heterocycles. The van der Waals surface area contributed by atoms with Gasteiger partial charge < -0.3 is 21.5 Å². The van der Waals surface area contributed by atoms with Gasteiger partial charge in [-0.25, -0.2) is 9.98 Å². The summed E-state index contributed by atoms with van der Waals surface area (Å²) in [5.41, 5.74) is 15.1. The number of rotatable bonds is 4. The van der Waals surface area contributed by atoms with Crippen molar-refractivity contribution in [3.8, 4) is 0 Å². The molecular weight excluding hydrogens is 450 g/mol. The molecule has 0 radical (unpaired) electrons. The minimum Gasteiger partial charge on any atom is -0.405 e. The number of thiazole rings is 1. The van der Waals surface area contributed by atoms with Gasteiger partial charge in [-0.2, -0.15) is 4.99 Å². The number of nitrogens with one attached hydrogen (secondary N) is 2. The maximum absolute atomic E-state index is 12.9. The molecule has 2 heterocycles. The lowest BCUT2D eigenvalue weighted by Crippen LogP contribution is -2.29. The molecule has 0 bridgehead atoms. The van der Waals surface area contributed by atoms with Crippen molar-refractivity contribution in [3.63, 3.8) is 0 Å². The molecule has 1 unspecified atom stereocenters. The molecule has 1 saturated carbocycles. The number of nitrogen functional groups attached to an aromatic ring is 1. The van der Waals surface area contributed by atoms with Gasteiger partial charge in [0.2, 0.25) is 12.1 Å². The number of benzodiazepines with no additional fused rings is 1. The number of hydrogen-bond acceptors (Lipinski definition) is 8. The summed E-state index contributed by atoms with van der Waals surface area (Å²) >= 11 is 1.35. The van der Waals surface area contributed by atoms with Gasteiger partial charge in [0.1, 0.15) is 10.0 Å². The summed E-state index contributed by atoms with van der Waals surface area (Å²) in [6, 6.07) is 16.5. The lowest BCUT2D eigenvalue weighted by Gasteiger charge is -2.09. The van der Waals surface area contributed by atoms with Crippen LogP contribution in [0.4, 0.5) is 10.7 Å². The third-order valence-corrected chi connectivity index (χ3v) is 7.00. The van der Waals surface area contributed by atoms with Crippen LogP contribution in [0.5, 0.6) is 0 Å². The highest BCUT2D eigenvalue weighted by molar-refractivity contribution is 7.16. The van der Waals surface area contributed by atoms with E-state index < -0.39 is 12.1 Å². The average molecular weight is 474 g/mol. The topological polar surface area (TPSA) is 152 Å². The second-order valence-corrected chi connectivity index (χ2v) is 9.47.